The van der Waals surface area contributed by atoms with E-state index in [0.717, 1.165) is 5.82 Å². The van der Waals surface area contributed by atoms with E-state index >= 15 is 0 Å². The van der Waals surface area contributed by atoms with Gasteiger partial charge in [0.15, 0.2) is 0 Å². The summed E-state index contributed by atoms with van der Waals surface area (Å²) in [6.07, 6.45) is 3.41. The van der Waals surface area contributed by atoms with Gasteiger partial charge in [0.1, 0.15) is 22.0 Å². The second-order valence-corrected chi connectivity index (χ2v) is 5.81. The molecule has 1 atom stereocenters. The van der Waals surface area contributed by atoms with Crippen LogP contribution in [0, 0.1) is 0 Å². The van der Waals surface area contributed by atoms with E-state index in [1.54, 1.807) is 0 Å². The minimum atomic E-state index is -2.91. The summed E-state index contributed by atoms with van der Waals surface area (Å²) >= 11 is 0. The van der Waals surface area contributed by atoms with Crippen LogP contribution in [0.3, 0.4) is 0 Å². The van der Waals surface area contributed by atoms with E-state index in [1.807, 2.05) is 6.92 Å². The Morgan fingerprint density at radius 1 is 1.60 bits per heavy atom. The van der Waals surface area contributed by atoms with Crippen LogP contribution in [0.25, 0.3) is 0 Å². The molecule has 0 aliphatic heterocycles. The summed E-state index contributed by atoms with van der Waals surface area (Å²) in [6, 6.07) is -0.0390. The maximum absolute atomic E-state index is 11.0. The molecule has 0 aromatic carbocycles. The van der Waals surface area contributed by atoms with E-state index in [1.165, 1.54) is 12.6 Å². The van der Waals surface area contributed by atoms with Crippen LogP contribution >= 0.6 is 0 Å². The number of aromatic amines is 1. The van der Waals surface area contributed by atoms with Gasteiger partial charge in [-0.05, 0) is 6.92 Å². The predicted molar refractivity (Wildman–Crippen MR) is 57.3 cm³/mol. The SMILES string of the molecule is CC(CS(C)(=O)=O)NCCc1ncn[nH]1. The minimum Gasteiger partial charge on any atom is -0.313 e. The Bertz CT molecular complexity index is 373. The highest BCUT2D eigenvalue weighted by molar-refractivity contribution is 7.90. The van der Waals surface area contributed by atoms with E-state index in [9.17, 15) is 8.42 Å². The first kappa shape index (κ1) is 12.1. The second-order valence-electron chi connectivity index (χ2n) is 3.63. The number of hydrogen-bond donors (Lipinski definition) is 2. The zero-order valence-electron chi connectivity index (χ0n) is 8.90. The Morgan fingerprint density at radius 3 is 2.87 bits per heavy atom. The molecule has 6 nitrogen and oxygen atoms in total. The Morgan fingerprint density at radius 2 is 2.33 bits per heavy atom. The summed E-state index contributed by atoms with van der Waals surface area (Å²) < 4.78 is 21.9. The number of sulfone groups is 1. The Kier molecular flexibility index (Phi) is 4.22. The van der Waals surface area contributed by atoms with Crippen LogP contribution in [-0.2, 0) is 16.3 Å². The zero-order chi connectivity index (χ0) is 11.3. The average molecular weight is 232 g/mol. The number of aromatic nitrogens is 3. The van der Waals surface area contributed by atoms with Crippen molar-refractivity contribution in [3.63, 3.8) is 0 Å². The van der Waals surface area contributed by atoms with Crippen molar-refractivity contribution in [1.82, 2.24) is 20.5 Å². The molecule has 1 unspecified atom stereocenters. The van der Waals surface area contributed by atoms with Gasteiger partial charge < -0.3 is 5.32 Å². The molecule has 0 saturated carbocycles. The van der Waals surface area contributed by atoms with Gasteiger partial charge in [0, 0.05) is 25.3 Å². The van der Waals surface area contributed by atoms with Gasteiger partial charge in [-0.1, -0.05) is 0 Å². The van der Waals surface area contributed by atoms with Crippen molar-refractivity contribution in [2.75, 3.05) is 18.6 Å². The van der Waals surface area contributed by atoms with Crippen molar-refractivity contribution < 1.29 is 8.42 Å². The van der Waals surface area contributed by atoms with Crippen LogP contribution in [-0.4, -0.2) is 48.2 Å². The molecule has 0 bridgehead atoms. The lowest BCUT2D eigenvalue weighted by molar-refractivity contribution is 0.558. The van der Waals surface area contributed by atoms with Gasteiger partial charge >= 0.3 is 0 Å². The smallest absolute Gasteiger partial charge is 0.148 e. The Labute approximate surface area is 89.4 Å². The molecular weight excluding hydrogens is 216 g/mol. The fraction of sp³-hybridized carbons (Fsp3) is 0.750. The lowest BCUT2D eigenvalue weighted by Crippen LogP contribution is -2.34. The van der Waals surface area contributed by atoms with Gasteiger partial charge in [-0.3, -0.25) is 5.10 Å². The van der Waals surface area contributed by atoms with Crippen LogP contribution < -0.4 is 5.32 Å². The van der Waals surface area contributed by atoms with Gasteiger partial charge in [0.05, 0.1) is 5.75 Å². The third-order valence-corrected chi connectivity index (χ3v) is 2.98. The standard InChI is InChI=1S/C8H16N4O2S/c1-7(5-15(2,13)14)9-4-3-8-10-6-11-12-8/h6-7,9H,3-5H2,1-2H3,(H,10,11,12). The van der Waals surface area contributed by atoms with Crippen molar-refractivity contribution in [3.05, 3.63) is 12.2 Å². The fourth-order valence-electron chi connectivity index (χ4n) is 1.30. The van der Waals surface area contributed by atoms with Crippen LogP contribution in [0.15, 0.2) is 6.33 Å². The molecule has 0 fully saturated rings. The molecule has 0 amide bonds. The number of nitrogens with one attached hydrogen (secondary N) is 2. The number of hydrogen-bond acceptors (Lipinski definition) is 5. The molecular formula is C8H16N4O2S. The first-order valence-corrected chi connectivity index (χ1v) is 6.79. The highest BCUT2D eigenvalue weighted by Crippen LogP contribution is 1.91. The van der Waals surface area contributed by atoms with Crippen LogP contribution in [0.5, 0.6) is 0 Å². The molecule has 0 aliphatic carbocycles. The molecule has 86 valence electrons. The van der Waals surface area contributed by atoms with Gasteiger partial charge in [0.25, 0.3) is 0 Å². The van der Waals surface area contributed by atoms with Gasteiger partial charge in [-0.25, -0.2) is 13.4 Å². The Balaban J connectivity index is 2.20. The molecule has 15 heavy (non-hydrogen) atoms. The topological polar surface area (TPSA) is 87.7 Å². The summed E-state index contributed by atoms with van der Waals surface area (Å²) in [6.45, 7) is 2.54. The minimum absolute atomic E-state index is 0.0390. The van der Waals surface area contributed by atoms with Crippen LogP contribution in [0.2, 0.25) is 0 Å². The molecule has 0 saturated heterocycles. The van der Waals surface area contributed by atoms with E-state index in [4.69, 9.17) is 0 Å². The van der Waals surface area contributed by atoms with Crippen molar-refractivity contribution in [2.45, 2.75) is 19.4 Å². The first-order valence-electron chi connectivity index (χ1n) is 4.73. The molecule has 1 aromatic rings. The normalized spacial score (nSPS) is 14.0. The van der Waals surface area contributed by atoms with Crippen LogP contribution in [0.1, 0.15) is 12.7 Å². The third-order valence-electron chi connectivity index (χ3n) is 1.87. The Hall–Kier alpha value is -0.950. The van der Waals surface area contributed by atoms with Crippen molar-refractivity contribution in [3.8, 4) is 0 Å². The molecule has 2 N–H and O–H groups in total. The van der Waals surface area contributed by atoms with E-state index < -0.39 is 9.84 Å². The summed E-state index contributed by atoms with van der Waals surface area (Å²) in [5.41, 5.74) is 0. The van der Waals surface area contributed by atoms with E-state index in [0.29, 0.717) is 13.0 Å². The summed E-state index contributed by atoms with van der Waals surface area (Å²) in [5, 5.41) is 9.57. The molecule has 0 aliphatic rings. The monoisotopic (exact) mass is 232 g/mol. The maximum atomic E-state index is 11.0. The summed E-state index contributed by atoms with van der Waals surface area (Å²) in [7, 11) is -2.91. The predicted octanol–water partition coefficient (Wildman–Crippen LogP) is -0.630. The van der Waals surface area contributed by atoms with Gasteiger partial charge in [-0.2, -0.15) is 5.10 Å². The number of rotatable bonds is 6. The molecule has 1 aromatic heterocycles. The fourth-order valence-corrected chi connectivity index (χ4v) is 2.33. The number of nitrogens with zero attached hydrogens (tertiary/aromatic N) is 2. The summed E-state index contributed by atoms with van der Waals surface area (Å²) in [4.78, 5) is 3.96. The zero-order valence-corrected chi connectivity index (χ0v) is 9.71. The van der Waals surface area contributed by atoms with Gasteiger partial charge in [0.2, 0.25) is 0 Å². The van der Waals surface area contributed by atoms with E-state index in [2.05, 4.69) is 20.5 Å². The lowest BCUT2D eigenvalue weighted by Gasteiger charge is -2.11. The second kappa shape index (κ2) is 5.22. The maximum Gasteiger partial charge on any atom is 0.148 e. The van der Waals surface area contributed by atoms with Crippen LogP contribution in [0.4, 0.5) is 0 Å². The van der Waals surface area contributed by atoms with E-state index in [-0.39, 0.29) is 11.8 Å². The molecule has 1 heterocycles. The highest BCUT2D eigenvalue weighted by atomic mass is 32.2. The number of H-pyrrole nitrogens is 1. The lowest BCUT2D eigenvalue weighted by atomic mass is 10.3. The highest BCUT2D eigenvalue weighted by Gasteiger charge is 2.09. The van der Waals surface area contributed by atoms with Crippen molar-refractivity contribution >= 4 is 9.84 Å². The summed E-state index contributed by atoms with van der Waals surface area (Å²) in [5.74, 6) is 0.956. The molecule has 0 radical (unpaired) electrons. The molecule has 7 heteroatoms. The van der Waals surface area contributed by atoms with Crippen molar-refractivity contribution in [1.29, 1.82) is 0 Å². The first-order chi connectivity index (χ1) is 6.97. The van der Waals surface area contributed by atoms with Gasteiger partial charge in [-0.15, -0.1) is 0 Å². The largest absolute Gasteiger partial charge is 0.313 e. The average Bonchev–Trinajstić information content (AvgIpc) is 2.53. The molecule has 1 rings (SSSR count). The molecule has 0 spiro atoms. The quantitative estimate of drug-likeness (QED) is 0.682. The van der Waals surface area contributed by atoms with Crippen molar-refractivity contribution in [2.24, 2.45) is 0 Å². The third kappa shape index (κ3) is 5.48.